The number of ether oxygens (including phenoxy) is 4. The Balaban J connectivity index is 1.23. The number of benzene rings is 4. The molecule has 0 bridgehead atoms. The van der Waals surface area contributed by atoms with Crippen LogP contribution in [-0.2, 0) is 54.0 Å². The maximum atomic E-state index is 14.6. The van der Waals surface area contributed by atoms with Crippen LogP contribution in [-0.4, -0.2) is 71.0 Å². The van der Waals surface area contributed by atoms with E-state index in [4.69, 9.17) is 43.0 Å². The van der Waals surface area contributed by atoms with Gasteiger partial charge in [-0.1, -0.05) is 35.7 Å². The van der Waals surface area contributed by atoms with Gasteiger partial charge in [0.15, 0.2) is 0 Å². The Morgan fingerprint density at radius 2 is 1.64 bits per heavy atom. The van der Waals surface area contributed by atoms with Crippen LogP contribution in [0.3, 0.4) is 0 Å². The molecule has 6 rings (SSSR count). The van der Waals surface area contributed by atoms with E-state index in [0.29, 0.717) is 42.3 Å². The zero-order valence-electron chi connectivity index (χ0n) is 31.8. The van der Waals surface area contributed by atoms with Crippen molar-refractivity contribution in [2.24, 2.45) is 0 Å². The molecule has 1 saturated heterocycles. The number of allylic oxidation sites excluding steroid dienone is 2. The predicted octanol–water partition coefficient (Wildman–Crippen LogP) is 6.81. The summed E-state index contributed by atoms with van der Waals surface area (Å²) >= 11 is 11.7. The highest BCUT2D eigenvalue weighted by atomic mass is 32.9. The fraction of sp³-hybridized carbons (Fsp3) is 0.244. The molecule has 2 unspecified atom stereocenters. The zero-order chi connectivity index (χ0) is 42.3. The summed E-state index contributed by atoms with van der Waals surface area (Å²) in [5.74, 6) is -3.13. The zero-order valence-corrected chi connectivity index (χ0v) is 35.1. The maximum absolute atomic E-state index is 14.6. The first kappa shape index (κ1) is 43.5. The first-order chi connectivity index (χ1) is 28.2. The molecule has 1 fully saturated rings. The van der Waals surface area contributed by atoms with E-state index >= 15 is 0 Å². The quantitative estimate of drug-likeness (QED) is 0.0233. The molecule has 0 radical (unpaired) electrons. The van der Waals surface area contributed by atoms with Crippen molar-refractivity contribution in [2.45, 2.75) is 31.1 Å². The minimum absolute atomic E-state index is 0.0333. The molecular weight excluding hydrogens is 843 g/mol. The normalized spacial score (nSPS) is 16.2. The van der Waals surface area contributed by atoms with Crippen molar-refractivity contribution in [2.75, 3.05) is 39.2 Å². The van der Waals surface area contributed by atoms with Crippen LogP contribution in [0.25, 0.3) is 17.2 Å². The van der Waals surface area contributed by atoms with E-state index < -0.39 is 45.0 Å². The summed E-state index contributed by atoms with van der Waals surface area (Å²) in [6, 6.07) is 21.8. The summed E-state index contributed by atoms with van der Waals surface area (Å²) in [5.41, 5.74) is 3.84. The first-order valence-electron chi connectivity index (χ1n) is 18.1. The Kier molecular flexibility index (Phi) is 14.3. The monoisotopic (exact) mass is 879 g/mol. The van der Waals surface area contributed by atoms with Crippen molar-refractivity contribution in [3.05, 3.63) is 129 Å². The van der Waals surface area contributed by atoms with E-state index in [9.17, 15) is 33.1 Å². The molecule has 0 amide bonds. The molecule has 0 N–H and O–H groups in total. The third-order valence-electron chi connectivity index (χ3n) is 9.38. The van der Waals surface area contributed by atoms with E-state index in [0.717, 1.165) is 27.6 Å². The van der Waals surface area contributed by atoms with Crippen LogP contribution < -0.4 is 19.5 Å². The molecule has 4 aromatic carbocycles. The lowest BCUT2D eigenvalue weighted by Crippen LogP contribution is -2.35. The van der Waals surface area contributed by atoms with Crippen LogP contribution in [0, 0.1) is 15.9 Å². The standard InChI is InChI=1S/C41H38FN2O11PS3/c1-26-34(22-27-5-13-32(14-6-27)59(2)50)33-15-7-28(42)23-36(33)35(26)25-40(46)53-30-10-16-38(55-39(45)4-3-19-52-44(48)49)37(24-30)41(47)54-29-8-11-31(12-9-29)56(57,58)43-17-20-51-21-18-43/h5-16,22-24H,3-4,17-21,25H2,1-2H3,(H,57,58)/p-1/b34-22-. The second-order valence-corrected chi connectivity index (χ2v) is 20.7. The van der Waals surface area contributed by atoms with Gasteiger partial charge in [-0.2, -0.15) is 0 Å². The molecular formula is C41H37FN2O11PS3-. The number of nitrogens with zero attached hydrogens (tertiary/aromatic N) is 2. The summed E-state index contributed by atoms with van der Waals surface area (Å²) < 4.78 is 50.7. The van der Waals surface area contributed by atoms with Crippen molar-refractivity contribution in [3.8, 4) is 17.2 Å². The van der Waals surface area contributed by atoms with E-state index in [-0.39, 0.29) is 48.7 Å². The Hall–Kier alpha value is -5.03. The number of morpholine rings is 1. The highest BCUT2D eigenvalue weighted by Crippen LogP contribution is 2.47. The number of halogens is 1. The molecule has 4 aromatic rings. The number of hydrogen-bond acceptors (Lipinski definition) is 13. The minimum Gasteiger partial charge on any atom is -0.727 e. The molecule has 0 aromatic heterocycles. The fourth-order valence-electron chi connectivity index (χ4n) is 6.41. The van der Waals surface area contributed by atoms with Gasteiger partial charge < -0.3 is 36.0 Å². The maximum Gasteiger partial charge on any atom is 0.347 e. The van der Waals surface area contributed by atoms with Gasteiger partial charge in [0.2, 0.25) is 0 Å². The predicted molar refractivity (Wildman–Crippen MR) is 225 cm³/mol. The van der Waals surface area contributed by atoms with Gasteiger partial charge in [-0.15, -0.1) is 21.9 Å². The summed E-state index contributed by atoms with van der Waals surface area (Å²) in [4.78, 5) is 55.3. The fourth-order valence-corrected chi connectivity index (χ4v) is 10.2. The Bertz CT molecular complexity index is 2420. The highest BCUT2D eigenvalue weighted by Gasteiger charge is 2.27. The number of carbonyl (C=O) groups excluding carboxylic acids is 3. The average molecular weight is 880 g/mol. The summed E-state index contributed by atoms with van der Waals surface area (Å²) in [6.07, 6.45) is 2.94. The van der Waals surface area contributed by atoms with Crippen LogP contribution in [0.4, 0.5) is 4.39 Å². The van der Waals surface area contributed by atoms with Crippen molar-refractivity contribution in [3.63, 3.8) is 0 Å². The molecule has 2 atom stereocenters. The molecule has 13 nitrogen and oxygen atoms in total. The van der Waals surface area contributed by atoms with Gasteiger partial charge in [-0.05, 0) is 113 Å². The molecule has 18 heteroatoms. The van der Waals surface area contributed by atoms with Crippen molar-refractivity contribution in [1.29, 1.82) is 0 Å². The van der Waals surface area contributed by atoms with Crippen LogP contribution in [0.5, 0.6) is 17.2 Å². The molecule has 1 aliphatic heterocycles. The van der Waals surface area contributed by atoms with Gasteiger partial charge in [0.1, 0.15) is 28.6 Å². The van der Waals surface area contributed by atoms with Crippen molar-refractivity contribution < 1.29 is 51.9 Å². The summed E-state index contributed by atoms with van der Waals surface area (Å²) in [6.45, 7) is 3.77. The van der Waals surface area contributed by atoms with Gasteiger partial charge in [-0.25, -0.2) is 9.18 Å². The van der Waals surface area contributed by atoms with E-state index in [1.54, 1.807) is 48.7 Å². The first-order valence-corrected chi connectivity index (χ1v) is 23.5. The molecule has 308 valence electrons. The largest absolute Gasteiger partial charge is 0.727 e. The lowest BCUT2D eigenvalue weighted by atomic mass is 10.0. The number of rotatable bonds is 15. The third kappa shape index (κ3) is 11.0. The Morgan fingerprint density at radius 1 is 0.949 bits per heavy atom. The van der Waals surface area contributed by atoms with E-state index in [1.165, 1.54) is 30.3 Å². The number of esters is 3. The highest BCUT2D eigenvalue weighted by molar-refractivity contribution is 8.56. The van der Waals surface area contributed by atoms with Gasteiger partial charge in [0, 0.05) is 41.5 Å². The molecule has 0 spiro atoms. The third-order valence-corrected chi connectivity index (χ3v) is 15.1. The number of hydrogen-bond donors (Lipinski definition) is 0. The van der Waals surface area contributed by atoms with Crippen LogP contribution in [0.1, 0.15) is 53.2 Å². The smallest absolute Gasteiger partial charge is 0.347 e. The molecule has 1 aliphatic carbocycles. The van der Waals surface area contributed by atoms with Crippen molar-refractivity contribution >= 4 is 80.7 Å². The molecule has 2 aliphatic rings. The SMILES string of the molecule is CC1=C(CC(=O)Oc2ccc(OC(=O)CCCO[N+](=O)[O-])c(C(=O)Oc3ccc(P(=S)([S-])N4CCOCC4)cc3)c2)c2cc(F)ccc2/C1=C\c1ccc(S(C)=O)cc1. The Labute approximate surface area is 351 Å². The molecule has 1 heterocycles. The van der Waals surface area contributed by atoms with Gasteiger partial charge in [0.05, 0.1) is 26.2 Å². The summed E-state index contributed by atoms with van der Waals surface area (Å²) in [5, 5.41) is 7.73. The van der Waals surface area contributed by atoms with Crippen LogP contribution in [0.2, 0.25) is 0 Å². The van der Waals surface area contributed by atoms with Crippen molar-refractivity contribution in [1.82, 2.24) is 4.67 Å². The average Bonchev–Trinajstić information content (AvgIpc) is 3.45. The summed E-state index contributed by atoms with van der Waals surface area (Å²) in [7, 11) is -1.15. The van der Waals surface area contributed by atoms with Gasteiger partial charge in [0.25, 0.3) is 5.09 Å². The lowest BCUT2D eigenvalue weighted by Gasteiger charge is -2.43. The molecule has 0 saturated carbocycles. The van der Waals surface area contributed by atoms with Crippen LogP contribution >= 0.6 is 5.39 Å². The Morgan fingerprint density at radius 3 is 2.32 bits per heavy atom. The number of carbonyl (C=O) groups is 3. The van der Waals surface area contributed by atoms with Gasteiger partial charge >= 0.3 is 17.9 Å². The topological polar surface area (TPSA) is 161 Å². The molecule has 59 heavy (non-hydrogen) atoms. The minimum atomic E-state index is -2.51. The van der Waals surface area contributed by atoms with E-state index in [1.807, 2.05) is 25.1 Å². The number of fused-ring (bicyclic) bond motifs is 1. The second kappa shape index (κ2) is 19.4. The lowest BCUT2D eigenvalue weighted by molar-refractivity contribution is -0.757. The van der Waals surface area contributed by atoms with Gasteiger partial charge in [-0.3, -0.25) is 18.5 Å². The van der Waals surface area contributed by atoms with Crippen LogP contribution in [0.15, 0.2) is 95.4 Å². The van der Waals surface area contributed by atoms with E-state index in [2.05, 4.69) is 9.51 Å². The second-order valence-electron chi connectivity index (χ2n) is 13.3.